The maximum atomic E-state index is 12.5. The Bertz CT molecular complexity index is 860. The lowest BCUT2D eigenvalue weighted by Gasteiger charge is -2.19. The maximum Gasteiger partial charge on any atom is 0.293 e. The van der Waals surface area contributed by atoms with Crippen molar-refractivity contribution in [2.24, 2.45) is 5.92 Å². The zero-order valence-corrected chi connectivity index (χ0v) is 13.8. The van der Waals surface area contributed by atoms with Crippen LogP contribution in [0, 0.1) is 28.7 Å². The van der Waals surface area contributed by atoms with E-state index in [1.165, 1.54) is 11.0 Å². The summed E-state index contributed by atoms with van der Waals surface area (Å²) in [5.41, 5.74) is 1.19. The first-order chi connectivity index (χ1) is 12.1. The van der Waals surface area contributed by atoms with Crippen molar-refractivity contribution < 1.29 is 4.79 Å². The van der Waals surface area contributed by atoms with Crippen molar-refractivity contribution in [3.05, 3.63) is 42.0 Å². The molecule has 0 N–H and O–H groups in total. The molecule has 8 heteroatoms. The van der Waals surface area contributed by atoms with E-state index in [0.717, 1.165) is 13.0 Å². The zero-order valence-electron chi connectivity index (χ0n) is 13.8. The summed E-state index contributed by atoms with van der Waals surface area (Å²) in [4.78, 5) is 19.9. The normalized spacial score (nSPS) is 16.3. The van der Waals surface area contributed by atoms with E-state index in [1.54, 1.807) is 41.1 Å². The van der Waals surface area contributed by atoms with Crippen LogP contribution < -0.4 is 0 Å². The van der Waals surface area contributed by atoms with Crippen molar-refractivity contribution in [3.8, 4) is 17.9 Å². The van der Waals surface area contributed by atoms with Gasteiger partial charge < -0.3 is 9.80 Å². The van der Waals surface area contributed by atoms with E-state index in [9.17, 15) is 4.79 Å². The summed E-state index contributed by atoms with van der Waals surface area (Å²) in [6.45, 7) is 1.98. The predicted octanol–water partition coefficient (Wildman–Crippen LogP) is 1.01. The van der Waals surface area contributed by atoms with Gasteiger partial charge in [0.15, 0.2) is 6.19 Å². The molecule has 0 bridgehead atoms. The number of carbonyl (C=O) groups is 1. The molecule has 0 saturated carbocycles. The van der Waals surface area contributed by atoms with Gasteiger partial charge in [0.25, 0.3) is 5.91 Å². The second-order valence-electron chi connectivity index (χ2n) is 6.06. The molecular weight excluding hydrogens is 318 g/mol. The SMILES string of the molecule is CN(CC1CCN(C#N)C1)C(=O)c1ncn(-c2cccc(C#N)c2)n1. The molecule has 2 heterocycles. The fraction of sp³-hybridized carbons (Fsp3) is 0.353. The van der Waals surface area contributed by atoms with Crippen LogP contribution in [0.5, 0.6) is 0 Å². The average molecular weight is 335 g/mol. The first kappa shape index (κ1) is 16.5. The number of carbonyl (C=O) groups excluding carboxylic acids is 1. The molecule has 0 aliphatic carbocycles. The Morgan fingerprint density at radius 2 is 2.28 bits per heavy atom. The molecule has 0 radical (unpaired) electrons. The monoisotopic (exact) mass is 335 g/mol. The lowest BCUT2D eigenvalue weighted by Crippen LogP contribution is -2.33. The van der Waals surface area contributed by atoms with E-state index in [-0.39, 0.29) is 17.6 Å². The van der Waals surface area contributed by atoms with E-state index in [2.05, 4.69) is 22.3 Å². The number of nitriles is 2. The summed E-state index contributed by atoms with van der Waals surface area (Å²) in [7, 11) is 1.72. The highest BCUT2D eigenvalue weighted by Crippen LogP contribution is 2.17. The molecule has 126 valence electrons. The molecule has 1 aromatic carbocycles. The molecule has 1 amide bonds. The van der Waals surface area contributed by atoms with Gasteiger partial charge in [0.1, 0.15) is 6.33 Å². The number of likely N-dealkylation sites (tertiary alicyclic amines) is 1. The van der Waals surface area contributed by atoms with Crippen LogP contribution in [0.2, 0.25) is 0 Å². The Kier molecular flexibility index (Phi) is 4.62. The van der Waals surface area contributed by atoms with Gasteiger partial charge in [0.2, 0.25) is 5.82 Å². The number of nitrogens with zero attached hydrogens (tertiary/aromatic N) is 7. The number of hydrogen-bond donors (Lipinski definition) is 0. The molecule has 1 aromatic heterocycles. The fourth-order valence-electron chi connectivity index (χ4n) is 2.92. The lowest BCUT2D eigenvalue weighted by atomic mass is 10.1. The highest BCUT2D eigenvalue weighted by molar-refractivity contribution is 5.90. The molecule has 1 aliphatic heterocycles. The molecule has 1 atom stereocenters. The van der Waals surface area contributed by atoms with Gasteiger partial charge in [-0.3, -0.25) is 4.79 Å². The largest absolute Gasteiger partial charge is 0.339 e. The molecule has 1 unspecified atom stereocenters. The third-order valence-electron chi connectivity index (χ3n) is 4.23. The van der Waals surface area contributed by atoms with Crippen LogP contribution in [-0.4, -0.2) is 57.2 Å². The first-order valence-electron chi connectivity index (χ1n) is 7.93. The molecule has 0 spiro atoms. The van der Waals surface area contributed by atoms with Crippen molar-refractivity contribution in [1.82, 2.24) is 24.6 Å². The van der Waals surface area contributed by atoms with Gasteiger partial charge in [-0.25, -0.2) is 9.67 Å². The second-order valence-corrected chi connectivity index (χ2v) is 6.06. The Labute approximate surface area is 145 Å². The van der Waals surface area contributed by atoms with Crippen LogP contribution in [-0.2, 0) is 0 Å². The third-order valence-corrected chi connectivity index (χ3v) is 4.23. The smallest absolute Gasteiger partial charge is 0.293 e. The summed E-state index contributed by atoms with van der Waals surface area (Å²) in [5.74, 6) is 0.133. The van der Waals surface area contributed by atoms with E-state index >= 15 is 0 Å². The van der Waals surface area contributed by atoms with Gasteiger partial charge in [-0.2, -0.15) is 10.5 Å². The molecule has 1 fully saturated rings. The Hall–Kier alpha value is -3.39. The minimum absolute atomic E-state index is 0.111. The summed E-state index contributed by atoms with van der Waals surface area (Å²) < 4.78 is 1.48. The van der Waals surface area contributed by atoms with Gasteiger partial charge in [-0.1, -0.05) is 6.07 Å². The second kappa shape index (κ2) is 7.02. The molecule has 1 saturated heterocycles. The summed E-state index contributed by atoms with van der Waals surface area (Å²) >= 11 is 0. The van der Waals surface area contributed by atoms with Crippen molar-refractivity contribution >= 4 is 5.91 Å². The summed E-state index contributed by atoms with van der Waals surface area (Å²) in [5, 5.41) is 22.1. The molecular formula is C17H17N7O. The van der Waals surface area contributed by atoms with Crippen LogP contribution in [0.15, 0.2) is 30.6 Å². The van der Waals surface area contributed by atoms with Crippen molar-refractivity contribution in [3.63, 3.8) is 0 Å². The molecule has 2 aromatic rings. The minimum Gasteiger partial charge on any atom is -0.339 e. The predicted molar refractivity (Wildman–Crippen MR) is 88.3 cm³/mol. The maximum absolute atomic E-state index is 12.5. The first-order valence-corrected chi connectivity index (χ1v) is 7.93. The van der Waals surface area contributed by atoms with E-state index in [0.29, 0.717) is 24.3 Å². The topological polar surface area (TPSA) is 102 Å². The molecule has 8 nitrogen and oxygen atoms in total. The standard InChI is InChI=1S/C17H17N7O/c1-22(9-14-5-6-23(10-14)11-19)17(25)16-20-12-24(21-16)15-4-2-3-13(7-15)8-18/h2-4,7,12,14H,5-6,9-10H2,1H3. The van der Waals surface area contributed by atoms with Crippen molar-refractivity contribution in [2.75, 3.05) is 26.7 Å². The highest BCUT2D eigenvalue weighted by atomic mass is 16.2. The molecule has 1 aliphatic rings. The summed E-state index contributed by atoms with van der Waals surface area (Å²) in [6.07, 6.45) is 4.50. The van der Waals surface area contributed by atoms with Crippen LogP contribution in [0.3, 0.4) is 0 Å². The number of aromatic nitrogens is 3. The van der Waals surface area contributed by atoms with Gasteiger partial charge >= 0.3 is 0 Å². The number of amides is 1. The quantitative estimate of drug-likeness (QED) is 0.773. The highest BCUT2D eigenvalue weighted by Gasteiger charge is 2.26. The molecule has 25 heavy (non-hydrogen) atoms. The van der Waals surface area contributed by atoms with Gasteiger partial charge in [0.05, 0.1) is 17.3 Å². The Balaban J connectivity index is 1.68. The fourth-order valence-corrected chi connectivity index (χ4v) is 2.92. The zero-order chi connectivity index (χ0) is 17.8. The number of benzene rings is 1. The van der Waals surface area contributed by atoms with Gasteiger partial charge in [-0.15, -0.1) is 5.10 Å². The number of hydrogen-bond acceptors (Lipinski definition) is 6. The third kappa shape index (κ3) is 3.59. The lowest BCUT2D eigenvalue weighted by molar-refractivity contribution is 0.0762. The van der Waals surface area contributed by atoms with Crippen LogP contribution in [0.4, 0.5) is 0 Å². The average Bonchev–Trinajstić information content (AvgIpc) is 3.30. The Morgan fingerprint density at radius 3 is 3.00 bits per heavy atom. The van der Waals surface area contributed by atoms with E-state index in [1.807, 2.05) is 0 Å². The van der Waals surface area contributed by atoms with Gasteiger partial charge in [-0.05, 0) is 30.5 Å². The van der Waals surface area contributed by atoms with Crippen LogP contribution in [0.25, 0.3) is 5.69 Å². The minimum atomic E-state index is -0.259. The van der Waals surface area contributed by atoms with Crippen molar-refractivity contribution in [1.29, 1.82) is 10.5 Å². The summed E-state index contributed by atoms with van der Waals surface area (Å²) in [6, 6.07) is 9.00. The van der Waals surface area contributed by atoms with Crippen molar-refractivity contribution in [2.45, 2.75) is 6.42 Å². The number of rotatable bonds is 4. The van der Waals surface area contributed by atoms with Crippen LogP contribution >= 0.6 is 0 Å². The van der Waals surface area contributed by atoms with Gasteiger partial charge in [0, 0.05) is 26.7 Å². The Morgan fingerprint density at radius 1 is 1.44 bits per heavy atom. The van der Waals surface area contributed by atoms with E-state index in [4.69, 9.17) is 10.5 Å². The molecule has 3 rings (SSSR count). The van der Waals surface area contributed by atoms with E-state index < -0.39 is 0 Å². The van der Waals surface area contributed by atoms with Crippen LogP contribution in [0.1, 0.15) is 22.6 Å².